The van der Waals surface area contributed by atoms with Crippen molar-refractivity contribution in [1.29, 1.82) is 0 Å². The van der Waals surface area contributed by atoms with Gasteiger partial charge >= 0.3 is 0 Å². The summed E-state index contributed by atoms with van der Waals surface area (Å²) in [5.41, 5.74) is 3.43. The maximum atomic E-state index is 12.5. The number of fused-ring (bicyclic) bond motifs is 1. The molecule has 3 heterocycles. The Morgan fingerprint density at radius 2 is 2.06 bits per heavy atom. The van der Waals surface area contributed by atoms with Gasteiger partial charge in [0, 0.05) is 44.0 Å². The summed E-state index contributed by atoms with van der Waals surface area (Å²) in [6.45, 7) is 4.43. The smallest absolute Gasteiger partial charge is 0.251 e. The molecule has 0 radical (unpaired) electrons. The Balaban J connectivity index is 1.26. The van der Waals surface area contributed by atoms with Crippen LogP contribution in [0.1, 0.15) is 53.7 Å². The van der Waals surface area contributed by atoms with Crippen LogP contribution in [0.3, 0.4) is 0 Å². The van der Waals surface area contributed by atoms with Gasteiger partial charge in [-0.3, -0.25) is 9.59 Å². The Morgan fingerprint density at radius 3 is 2.97 bits per heavy atom. The summed E-state index contributed by atoms with van der Waals surface area (Å²) in [5.74, 6) is 0.723. The van der Waals surface area contributed by atoms with E-state index >= 15 is 0 Å². The number of hydrogen-bond donors (Lipinski definition) is 1. The molecule has 0 unspecified atom stereocenters. The predicted octanol–water partition coefficient (Wildman–Crippen LogP) is 3.74. The molecule has 7 heteroatoms. The van der Waals surface area contributed by atoms with Crippen molar-refractivity contribution in [1.82, 2.24) is 19.6 Å². The van der Waals surface area contributed by atoms with E-state index in [0.717, 1.165) is 43.6 Å². The minimum Gasteiger partial charge on any atom is -0.487 e. The van der Waals surface area contributed by atoms with Crippen LogP contribution >= 0.6 is 0 Å². The molecule has 0 spiro atoms. The number of rotatable bonds is 8. The molecular formula is C25H30N4O3. The molecule has 1 aromatic carbocycles. The monoisotopic (exact) mass is 434 g/mol. The van der Waals surface area contributed by atoms with Crippen LogP contribution in [0.25, 0.3) is 5.65 Å². The second-order valence-corrected chi connectivity index (χ2v) is 8.32. The topological polar surface area (TPSA) is 75.9 Å². The van der Waals surface area contributed by atoms with Crippen molar-refractivity contribution in [2.45, 2.75) is 45.6 Å². The van der Waals surface area contributed by atoms with E-state index in [1.807, 2.05) is 52.9 Å². The van der Waals surface area contributed by atoms with E-state index in [4.69, 9.17) is 4.74 Å². The third-order valence-electron chi connectivity index (χ3n) is 5.69. The second-order valence-electron chi connectivity index (χ2n) is 8.32. The zero-order valence-corrected chi connectivity index (χ0v) is 18.5. The fourth-order valence-electron chi connectivity index (χ4n) is 3.96. The summed E-state index contributed by atoms with van der Waals surface area (Å²) in [7, 11) is 0. The van der Waals surface area contributed by atoms with Gasteiger partial charge in [0.2, 0.25) is 5.91 Å². The number of likely N-dealkylation sites (tertiary alicyclic amines) is 1. The minimum atomic E-state index is -0.138. The standard InChI is InChI=1S/C25H30N4O3/c1-19-10-11-23-27-21(17-29(23)16-19)18-32-22-8-5-7-20(15-22)25(31)26-12-6-14-28-13-4-2-3-9-24(28)30/h5,7-8,10-11,15-17H,2-4,6,9,12-14,18H2,1H3,(H,26,31). The Morgan fingerprint density at radius 1 is 1.16 bits per heavy atom. The molecule has 0 atom stereocenters. The highest BCUT2D eigenvalue weighted by molar-refractivity contribution is 5.94. The fraction of sp³-hybridized carbons (Fsp3) is 0.400. The van der Waals surface area contributed by atoms with Gasteiger partial charge in [-0.1, -0.05) is 18.6 Å². The van der Waals surface area contributed by atoms with Crippen LogP contribution < -0.4 is 10.1 Å². The first-order valence-electron chi connectivity index (χ1n) is 11.3. The zero-order chi connectivity index (χ0) is 22.3. The fourth-order valence-corrected chi connectivity index (χ4v) is 3.96. The van der Waals surface area contributed by atoms with Crippen molar-refractivity contribution in [2.75, 3.05) is 19.6 Å². The molecule has 4 rings (SSSR count). The number of amides is 2. The Hall–Kier alpha value is -3.35. The molecule has 0 aliphatic carbocycles. The van der Waals surface area contributed by atoms with Crippen LogP contribution in [0.4, 0.5) is 0 Å². The molecule has 1 aliphatic rings. The first kappa shape index (κ1) is 21.9. The summed E-state index contributed by atoms with van der Waals surface area (Å²) in [6, 6.07) is 11.2. The lowest BCUT2D eigenvalue weighted by atomic mass is 10.2. The highest BCUT2D eigenvalue weighted by Crippen LogP contribution is 2.16. The van der Waals surface area contributed by atoms with Crippen LogP contribution in [-0.2, 0) is 11.4 Å². The number of imidazole rings is 1. The van der Waals surface area contributed by atoms with Crippen LogP contribution in [0.5, 0.6) is 5.75 Å². The van der Waals surface area contributed by atoms with Crippen molar-refractivity contribution < 1.29 is 14.3 Å². The van der Waals surface area contributed by atoms with Crippen molar-refractivity contribution in [3.8, 4) is 5.75 Å². The quantitative estimate of drug-likeness (QED) is 0.548. The van der Waals surface area contributed by atoms with Crippen LogP contribution in [0.15, 0.2) is 48.8 Å². The van der Waals surface area contributed by atoms with Crippen molar-refractivity contribution in [3.63, 3.8) is 0 Å². The van der Waals surface area contributed by atoms with E-state index in [9.17, 15) is 9.59 Å². The molecule has 2 amide bonds. The van der Waals surface area contributed by atoms with E-state index in [-0.39, 0.29) is 11.8 Å². The molecule has 168 valence electrons. The number of nitrogens with zero attached hydrogens (tertiary/aromatic N) is 3. The van der Waals surface area contributed by atoms with Gasteiger partial charge in [-0.25, -0.2) is 4.98 Å². The number of hydrogen-bond acceptors (Lipinski definition) is 4. The molecule has 7 nitrogen and oxygen atoms in total. The third kappa shape index (κ3) is 5.66. The molecule has 1 fully saturated rings. The van der Waals surface area contributed by atoms with Gasteiger partial charge in [-0.05, 0) is 56.0 Å². The number of nitrogens with one attached hydrogen (secondary N) is 1. The average molecular weight is 435 g/mol. The number of ether oxygens (including phenoxy) is 1. The number of aryl methyl sites for hydroxylation is 1. The lowest BCUT2D eigenvalue weighted by Gasteiger charge is -2.20. The van der Waals surface area contributed by atoms with Crippen molar-refractivity contribution in [3.05, 3.63) is 65.6 Å². The Bertz CT molecular complexity index is 1090. The molecule has 0 saturated carbocycles. The van der Waals surface area contributed by atoms with Gasteiger partial charge < -0.3 is 19.4 Å². The first-order valence-corrected chi connectivity index (χ1v) is 11.3. The lowest BCUT2D eigenvalue weighted by molar-refractivity contribution is -0.130. The molecular weight excluding hydrogens is 404 g/mol. The number of aromatic nitrogens is 2. The summed E-state index contributed by atoms with van der Waals surface area (Å²) in [6.07, 6.45) is 8.55. The lowest BCUT2D eigenvalue weighted by Crippen LogP contribution is -2.34. The average Bonchev–Trinajstić information content (AvgIpc) is 3.09. The maximum Gasteiger partial charge on any atom is 0.251 e. The summed E-state index contributed by atoms with van der Waals surface area (Å²) in [4.78, 5) is 31.1. The number of carbonyl (C=O) groups is 2. The normalized spacial score (nSPS) is 14.4. The van der Waals surface area contributed by atoms with E-state index < -0.39 is 0 Å². The second kappa shape index (κ2) is 10.3. The number of pyridine rings is 1. The van der Waals surface area contributed by atoms with Gasteiger partial charge in [0.1, 0.15) is 18.0 Å². The molecule has 1 aliphatic heterocycles. The predicted molar refractivity (Wildman–Crippen MR) is 123 cm³/mol. The first-order chi connectivity index (χ1) is 15.6. The van der Waals surface area contributed by atoms with Gasteiger partial charge in [0.25, 0.3) is 5.91 Å². The summed E-state index contributed by atoms with van der Waals surface area (Å²) in [5, 5.41) is 2.94. The van der Waals surface area contributed by atoms with Crippen molar-refractivity contribution >= 4 is 17.5 Å². The molecule has 2 aromatic heterocycles. The van der Waals surface area contributed by atoms with Crippen LogP contribution in [0, 0.1) is 6.92 Å². The van der Waals surface area contributed by atoms with Gasteiger partial charge in [0.05, 0.1) is 5.69 Å². The molecule has 1 N–H and O–H groups in total. The summed E-state index contributed by atoms with van der Waals surface area (Å²) < 4.78 is 7.85. The SMILES string of the molecule is Cc1ccc2nc(COc3cccc(C(=O)NCCCN4CCCCCC4=O)c3)cn2c1. The van der Waals surface area contributed by atoms with Gasteiger partial charge in [-0.15, -0.1) is 0 Å². The van der Waals surface area contributed by atoms with Gasteiger partial charge in [-0.2, -0.15) is 0 Å². The van der Waals surface area contributed by atoms with E-state index in [0.29, 0.717) is 37.4 Å². The molecule has 0 bridgehead atoms. The molecule has 32 heavy (non-hydrogen) atoms. The zero-order valence-electron chi connectivity index (χ0n) is 18.5. The Kier molecular flexibility index (Phi) is 7.04. The maximum absolute atomic E-state index is 12.5. The summed E-state index contributed by atoms with van der Waals surface area (Å²) >= 11 is 0. The van der Waals surface area contributed by atoms with E-state index in [1.54, 1.807) is 12.1 Å². The third-order valence-corrected chi connectivity index (χ3v) is 5.69. The van der Waals surface area contributed by atoms with Crippen LogP contribution in [-0.4, -0.2) is 45.7 Å². The largest absolute Gasteiger partial charge is 0.487 e. The van der Waals surface area contributed by atoms with E-state index in [2.05, 4.69) is 10.3 Å². The van der Waals surface area contributed by atoms with Gasteiger partial charge in [0.15, 0.2) is 0 Å². The van der Waals surface area contributed by atoms with Crippen molar-refractivity contribution in [2.24, 2.45) is 0 Å². The molecule has 1 saturated heterocycles. The Labute approximate surface area is 188 Å². The minimum absolute atomic E-state index is 0.138. The highest BCUT2D eigenvalue weighted by Gasteiger charge is 2.16. The van der Waals surface area contributed by atoms with Crippen LogP contribution in [0.2, 0.25) is 0 Å². The molecule has 3 aromatic rings. The highest BCUT2D eigenvalue weighted by atomic mass is 16.5. The van der Waals surface area contributed by atoms with E-state index in [1.165, 1.54) is 5.56 Å². The number of carbonyl (C=O) groups excluding carboxylic acids is 2. The number of benzene rings is 1.